The fourth-order valence-electron chi connectivity index (χ4n) is 3.25. The minimum absolute atomic E-state index is 0.0317. The molecule has 6 heteroatoms. The van der Waals surface area contributed by atoms with Crippen LogP contribution in [0.2, 0.25) is 0 Å². The summed E-state index contributed by atoms with van der Waals surface area (Å²) in [6.45, 7) is 0. The molecule has 28 heavy (non-hydrogen) atoms. The van der Waals surface area contributed by atoms with Gasteiger partial charge in [-0.15, -0.1) is 0 Å². The molecule has 0 amide bonds. The van der Waals surface area contributed by atoms with Gasteiger partial charge in [-0.05, 0) is 53.6 Å². The van der Waals surface area contributed by atoms with Crippen molar-refractivity contribution in [2.45, 2.75) is 12.5 Å². The molecule has 2 heterocycles. The largest absolute Gasteiger partial charge is 0.478 e. The highest BCUT2D eigenvalue weighted by Crippen LogP contribution is 2.36. The molecule has 3 aromatic rings. The number of hydrazone groups is 1. The number of pyridine rings is 1. The number of carbonyl (C=O) groups is 1. The average molecular weight is 368 g/mol. The summed E-state index contributed by atoms with van der Waals surface area (Å²) in [5.41, 5.74) is 4.51. The number of benzene rings is 2. The van der Waals surface area contributed by atoms with Crippen LogP contribution in [0.3, 0.4) is 0 Å². The minimum Gasteiger partial charge on any atom is -0.478 e. The summed E-state index contributed by atoms with van der Waals surface area (Å²) in [4.78, 5) is 15.3. The van der Waals surface area contributed by atoms with Gasteiger partial charge in [0.05, 0.1) is 34.6 Å². The maximum Gasteiger partial charge on any atom is 0.335 e. The molecule has 0 aliphatic carbocycles. The van der Waals surface area contributed by atoms with E-state index in [4.69, 9.17) is 15.5 Å². The van der Waals surface area contributed by atoms with Gasteiger partial charge >= 0.3 is 5.97 Å². The first-order valence-corrected chi connectivity index (χ1v) is 8.76. The molecule has 2 aromatic carbocycles. The van der Waals surface area contributed by atoms with Gasteiger partial charge in [0.15, 0.2) is 0 Å². The molecular formula is C22H16N4O2. The molecule has 0 radical (unpaired) electrons. The first kappa shape index (κ1) is 17.4. The SMILES string of the molecule is N#Cc1ccc(N2N=C(c3ccc(C(=O)O)cc3)CC2c2cccnc2)cc1. The first-order chi connectivity index (χ1) is 13.7. The Morgan fingerprint density at radius 1 is 1.11 bits per heavy atom. The number of carboxylic acid groups (broad SMARTS) is 1. The predicted octanol–water partition coefficient (Wildman–Crippen LogP) is 4.01. The Bertz CT molecular complexity index is 1070. The molecule has 136 valence electrons. The van der Waals surface area contributed by atoms with E-state index >= 15 is 0 Å². The van der Waals surface area contributed by atoms with Crippen LogP contribution in [0.5, 0.6) is 0 Å². The molecule has 1 unspecified atom stereocenters. The summed E-state index contributed by atoms with van der Waals surface area (Å²) < 4.78 is 0. The van der Waals surface area contributed by atoms with Gasteiger partial charge in [-0.2, -0.15) is 10.4 Å². The van der Waals surface area contributed by atoms with Gasteiger partial charge in [-0.1, -0.05) is 18.2 Å². The Hall–Kier alpha value is -3.98. The summed E-state index contributed by atoms with van der Waals surface area (Å²) in [6, 6.07) is 20.0. The van der Waals surface area contributed by atoms with Crippen molar-refractivity contribution in [3.8, 4) is 6.07 Å². The van der Waals surface area contributed by atoms with E-state index in [-0.39, 0.29) is 11.6 Å². The molecule has 1 atom stereocenters. The lowest BCUT2D eigenvalue weighted by Gasteiger charge is -2.23. The van der Waals surface area contributed by atoms with E-state index in [1.807, 2.05) is 35.5 Å². The van der Waals surface area contributed by atoms with Gasteiger partial charge in [0.2, 0.25) is 0 Å². The summed E-state index contributed by atoms with van der Waals surface area (Å²) in [5, 5.41) is 24.9. The lowest BCUT2D eigenvalue weighted by Crippen LogP contribution is -2.18. The molecule has 0 spiro atoms. The number of carboxylic acids is 1. The van der Waals surface area contributed by atoms with Crippen molar-refractivity contribution in [2.24, 2.45) is 5.10 Å². The quantitative estimate of drug-likeness (QED) is 0.751. The Morgan fingerprint density at radius 3 is 2.46 bits per heavy atom. The second kappa shape index (κ2) is 7.33. The summed E-state index contributed by atoms with van der Waals surface area (Å²) in [5.74, 6) is -0.952. The van der Waals surface area contributed by atoms with E-state index in [0.29, 0.717) is 12.0 Å². The number of aromatic nitrogens is 1. The van der Waals surface area contributed by atoms with Gasteiger partial charge in [-0.3, -0.25) is 9.99 Å². The summed E-state index contributed by atoms with van der Waals surface area (Å²) in [7, 11) is 0. The normalized spacial score (nSPS) is 15.8. The Morgan fingerprint density at radius 2 is 1.86 bits per heavy atom. The third-order valence-corrected chi connectivity index (χ3v) is 4.71. The van der Waals surface area contributed by atoms with Crippen molar-refractivity contribution in [1.82, 2.24) is 4.98 Å². The number of hydrogen-bond acceptors (Lipinski definition) is 5. The average Bonchev–Trinajstić information content (AvgIpc) is 3.20. The smallest absolute Gasteiger partial charge is 0.335 e. The Kier molecular flexibility index (Phi) is 4.56. The third kappa shape index (κ3) is 3.33. The maximum absolute atomic E-state index is 11.1. The number of hydrogen-bond donors (Lipinski definition) is 1. The molecule has 1 N–H and O–H groups in total. The van der Waals surface area contributed by atoms with Crippen molar-refractivity contribution in [3.05, 3.63) is 95.3 Å². The second-order valence-corrected chi connectivity index (χ2v) is 6.44. The van der Waals surface area contributed by atoms with E-state index in [2.05, 4.69) is 11.1 Å². The standard InChI is InChI=1S/C22H16N4O2/c23-13-15-3-9-19(10-4-15)26-21(18-2-1-11-24-14-18)12-20(25-26)16-5-7-17(8-6-16)22(27)28/h1-11,14,21H,12H2,(H,27,28). The number of aromatic carboxylic acids is 1. The zero-order valence-electron chi connectivity index (χ0n) is 14.9. The molecule has 0 saturated carbocycles. The summed E-state index contributed by atoms with van der Waals surface area (Å²) in [6.07, 6.45) is 4.22. The van der Waals surface area contributed by atoms with Crippen molar-refractivity contribution in [1.29, 1.82) is 5.26 Å². The van der Waals surface area contributed by atoms with E-state index < -0.39 is 5.97 Å². The van der Waals surface area contributed by atoms with E-state index in [0.717, 1.165) is 22.5 Å². The fourth-order valence-corrected chi connectivity index (χ4v) is 3.25. The number of rotatable bonds is 4. The number of nitrogens with zero attached hydrogens (tertiary/aromatic N) is 4. The van der Waals surface area contributed by atoms with E-state index in [1.165, 1.54) is 0 Å². The molecule has 0 bridgehead atoms. The van der Waals surface area contributed by atoms with Crippen LogP contribution in [0.4, 0.5) is 5.69 Å². The van der Waals surface area contributed by atoms with Crippen molar-refractivity contribution < 1.29 is 9.90 Å². The molecular weight excluding hydrogens is 352 g/mol. The van der Waals surface area contributed by atoms with Crippen molar-refractivity contribution in [3.63, 3.8) is 0 Å². The van der Waals surface area contributed by atoms with Crippen LogP contribution in [0, 0.1) is 11.3 Å². The van der Waals surface area contributed by atoms with Crippen molar-refractivity contribution in [2.75, 3.05) is 5.01 Å². The lowest BCUT2D eigenvalue weighted by atomic mass is 9.98. The monoisotopic (exact) mass is 368 g/mol. The van der Waals surface area contributed by atoms with Crippen LogP contribution in [-0.2, 0) is 0 Å². The third-order valence-electron chi connectivity index (χ3n) is 4.71. The maximum atomic E-state index is 11.1. The zero-order chi connectivity index (χ0) is 19.5. The molecule has 1 aliphatic heterocycles. The summed E-state index contributed by atoms with van der Waals surface area (Å²) >= 11 is 0. The molecule has 6 nitrogen and oxygen atoms in total. The second-order valence-electron chi connectivity index (χ2n) is 6.44. The highest BCUT2D eigenvalue weighted by molar-refractivity contribution is 6.03. The lowest BCUT2D eigenvalue weighted by molar-refractivity contribution is 0.0697. The van der Waals surface area contributed by atoms with Gasteiger partial charge in [-0.25, -0.2) is 4.79 Å². The molecule has 1 aliphatic rings. The first-order valence-electron chi connectivity index (χ1n) is 8.76. The van der Waals surface area contributed by atoms with Gasteiger partial charge < -0.3 is 5.11 Å². The highest BCUT2D eigenvalue weighted by Gasteiger charge is 2.30. The molecule has 1 aromatic heterocycles. The Labute approximate surface area is 162 Å². The fraction of sp³-hybridized carbons (Fsp3) is 0.0909. The van der Waals surface area contributed by atoms with Crippen LogP contribution in [0.15, 0.2) is 78.2 Å². The van der Waals surface area contributed by atoms with Crippen molar-refractivity contribution >= 4 is 17.4 Å². The van der Waals surface area contributed by atoms with Crippen LogP contribution < -0.4 is 5.01 Å². The van der Waals surface area contributed by atoms with Gasteiger partial charge in [0.25, 0.3) is 0 Å². The van der Waals surface area contributed by atoms with E-state index in [9.17, 15) is 4.79 Å². The van der Waals surface area contributed by atoms with Crippen LogP contribution >= 0.6 is 0 Å². The topological polar surface area (TPSA) is 89.6 Å². The highest BCUT2D eigenvalue weighted by atomic mass is 16.4. The van der Waals surface area contributed by atoms with Gasteiger partial charge in [0, 0.05) is 18.8 Å². The number of anilines is 1. The Balaban J connectivity index is 1.72. The zero-order valence-corrected chi connectivity index (χ0v) is 14.9. The molecule has 4 rings (SSSR count). The number of nitriles is 1. The van der Waals surface area contributed by atoms with Crippen LogP contribution in [0.25, 0.3) is 0 Å². The molecule has 0 fully saturated rings. The van der Waals surface area contributed by atoms with Crippen LogP contribution in [-0.4, -0.2) is 21.8 Å². The molecule has 0 saturated heterocycles. The van der Waals surface area contributed by atoms with E-state index in [1.54, 1.807) is 42.6 Å². The van der Waals surface area contributed by atoms with Crippen LogP contribution in [0.1, 0.15) is 39.5 Å². The predicted molar refractivity (Wildman–Crippen MR) is 105 cm³/mol. The van der Waals surface area contributed by atoms with Gasteiger partial charge in [0.1, 0.15) is 0 Å². The minimum atomic E-state index is -0.952.